The molecule has 2 unspecified atom stereocenters. The molecule has 1 aromatic carbocycles. The van der Waals surface area contributed by atoms with Gasteiger partial charge >= 0.3 is 11.9 Å². The largest absolute Gasteiger partial charge is 0.480 e. The maximum absolute atomic E-state index is 12.6. The van der Waals surface area contributed by atoms with Gasteiger partial charge in [0.1, 0.15) is 12.1 Å². The second kappa shape index (κ2) is 8.11. The summed E-state index contributed by atoms with van der Waals surface area (Å²) in [6.45, 7) is 3.37. The Bertz CT molecular complexity index is 634. The van der Waals surface area contributed by atoms with Crippen molar-refractivity contribution < 1.29 is 24.6 Å². The molecule has 2 rings (SSSR count). The van der Waals surface area contributed by atoms with Gasteiger partial charge in [-0.3, -0.25) is 14.9 Å². The molecule has 1 fully saturated rings. The molecule has 0 aromatic heterocycles. The Morgan fingerprint density at radius 2 is 1.80 bits per heavy atom. The minimum atomic E-state index is -1.06. The molecule has 1 amide bonds. The van der Waals surface area contributed by atoms with Crippen LogP contribution in [0.2, 0.25) is 0 Å². The van der Waals surface area contributed by atoms with E-state index in [1.165, 1.54) is 11.8 Å². The summed E-state index contributed by atoms with van der Waals surface area (Å²) in [7, 11) is 0. The van der Waals surface area contributed by atoms with Crippen LogP contribution in [0.3, 0.4) is 0 Å². The predicted octanol–water partition coefficient (Wildman–Crippen LogP) is 0.982. The van der Waals surface area contributed by atoms with Crippen LogP contribution in [0.1, 0.15) is 25.8 Å². The number of amides is 1. The van der Waals surface area contributed by atoms with Crippen LogP contribution in [0.5, 0.6) is 0 Å². The summed E-state index contributed by atoms with van der Waals surface area (Å²) in [6.07, 6.45) is 1.11. The molecule has 4 atom stereocenters. The first kappa shape index (κ1) is 18.9. The van der Waals surface area contributed by atoms with E-state index in [4.69, 9.17) is 5.11 Å². The van der Waals surface area contributed by atoms with Crippen molar-refractivity contribution in [2.24, 2.45) is 5.92 Å². The SMILES string of the molecule is CC(N[C@@H](C)C(=O)N1CC(Cc2ccccc2)C[C@H]1C(=O)O)C(=O)O. The summed E-state index contributed by atoms with van der Waals surface area (Å²) in [4.78, 5) is 36.5. The summed E-state index contributed by atoms with van der Waals surface area (Å²) in [5.41, 5.74) is 1.11. The van der Waals surface area contributed by atoms with E-state index in [0.29, 0.717) is 19.4 Å². The second-order valence-corrected chi connectivity index (χ2v) is 6.58. The average Bonchev–Trinajstić information content (AvgIpc) is 2.98. The molecule has 0 spiro atoms. The lowest BCUT2D eigenvalue weighted by atomic mass is 9.97. The molecule has 7 nitrogen and oxygen atoms in total. The molecule has 0 radical (unpaired) electrons. The summed E-state index contributed by atoms with van der Waals surface area (Å²) in [5.74, 6) is -2.40. The van der Waals surface area contributed by atoms with Gasteiger partial charge in [-0.15, -0.1) is 0 Å². The Morgan fingerprint density at radius 3 is 2.36 bits per heavy atom. The highest BCUT2D eigenvalue weighted by atomic mass is 16.4. The van der Waals surface area contributed by atoms with Gasteiger partial charge in [0.2, 0.25) is 5.91 Å². The highest BCUT2D eigenvalue weighted by Crippen LogP contribution is 2.27. The third-order valence-corrected chi connectivity index (χ3v) is 4.56. The molecule has 1 saturated heterocycles. The molecule has 1 aliphatic heterocycles. The van der Waals surface area contributed by atoms with Crippen molar-refractivity contribution in [2.45, 2.75) is 44.8 Å². The normalized spacial score (nSPS) is 22.4. The van der Waals surface area contributed by atoms with Crippen LogP contribution in [0.15, 0.2) is 30.3 Å². The number of aliphatic carboxylic acids is 2. The van der Waals surface area contributed by atoms with Gasteiger partial charge in [-0.2, -0.15) is 0 Å². The molecule has 1 aromatic rings. The van der Waals surface area contributed by atoms with Gasteiger partial charge in [-0.25, -0.2) is 4.79 Å². The first-order valence-corrected chi connectivity index (χ1v) is 8.35. The minimum Gasteiger partial charge on any atom is -0.480 e. The van der Waals surface area contributed by atoms with E-state index in [0.717, 1.165) is 5.56 Å². The number of nitrogens with one attached hydrogen (secondary N) is 1. The van der Waals surface area contributed by atoms with E-state index in [9.17, 15) is 19.5 Å². The first-order valence-electron chi connectivity index (χ1n) is 8.35. The predicted molar refractivity (Wildman–Crippen MR) is 91.1 cm³/mol. The molecule has 0 aliphatic carbocycles. The van der Waals surface area contributed by atoms with Crippen molar-refractivity contribution >= 4 is 17.8 Å². The zero-order chi connectivity index (χ0) is 18.6. The fourth-order valence-electron chi connectivity index (χ4n) is 3.26. The van der Waals surface area contributed by atoms with Gasteiger partial charge in [0.25, 0.3) is 0 Å². The number of nitrogens with zero attached hydrogens (tertiary/aromatic N) is 1. The van der Waals surface area contributed by atoms with Gasteiger partial charge in [-0.05, 0) is 38.2 Å². The Labute approximate surface area is 146 Å². The minimum absolute atomic E-state index is 0.0662. The van der Waals surface area contributed by atoms with Crippen LogP contribution in [0.25, 0.3) is 0 Å². The van der Waals surface area contributed by atoms with E-state index in [-0.39, 0.29) is 11.8 Å². The topological polar surface area (TPSA) is 107 Å². The fourth-order valence-corrected chi connectivity index (χ4v) is 3.26. The third-order valence-electron chi connectivity index (χ3n) is 4.56. The van der Waals surface area contributed by atoms with Crippen molar-refractivity contribution in [3.05, 3.63) is 35.9 Å². The number of likely N-dealkylation sites (tertiary alicyclic amines) is 1. The number of rotatable bonds is 7. The third kappa shape index (κ3) is 4.79. The monoisotopic (exact) mass is 348 g/mol. The maximum Gasteiger partial charge on any atom is 0.326 e. The summed E-state index contributed by atoms with van der Waals surface area (Å²) < 4.78 is 0. The maximum atomic E-state index is 12.6. The Balaban J connectivity index is 2.05. The Kier molecular flexibility index (Phi) is 6.14. The molecule has 1 aliphatic rings. The van der Waals surface area contributed by atoms with E-state index >= 15 is 0 Å². The van der Waals surface area contributed by atoms with Crippen molar-refractivity contribution in [3.8, 4) is 0 Å². The molecule has 136 valence electrons. The molecule has 0 bridgehead atoms. The van der Waals surface area contributed by atoms with Gasteiger partial charge in [0.05, 0.1) is 6.04 Å². The summed E-state index contributed by atoms with van der Waals surface area (Å²) in [5, 5.41) is 21.1. The average molecular weight is 348 g/mol. The van der Waals surface area contributed by atoms with Gasteiger partial charge < -0.3 is 15.1 Å². The van der Waals surface area contributed by atoms with Gasteiger partial charge in [0.15, 0.2) is 0 Å². The quantitative estimate of drug-likeness (QED) is 0.678. The Morgan fingerprint density at radius 1 is 1.16 bits per heavy atom. The zero-order valence-electron chi connectivity index (χ0n) is 14.4. The van der Waals surface area contributed by atoms with Crippen LogP contribution in [-0.2, 0) is 20.8 Å². The lowest BCUT2D eigenvalue weighted by Crippen LogP contribution is -2.52. The lowest BCUT2D eigenvalue weighted by molar-refractivity contribution is -0.149. The van der Waals surface area contributed by atoms with Crippen molar-refractivity contribution in [3.63, 3.8) is 0 Å². The van der Waals surface area contributed by atoms with Crippen LogP contribution in [0.4, 0.5) is 0 Å². The number of carbonyl (C=O) groups excluding carboxylic acids is 1. The van der Waals surface area contributed by atoms with Gasteiger partial charge in [0, 0.05) is 6.54 Å². The van der Waals surface area contributed by atoms with E-state index in [1.54, 1.807) is 6.92 Å². The highest BCUT2D eigenvalue weighted by Gasteiger charge is 2.41. The van der Waals surface area contributed by atoms with Crippen LogP contribution >= 0.6 is 0 Å². The molecule has 1 heterocycles. The lowest BCUT2D eigenvalue weighted by Gasteiger charge is -2.26. The second-order valence-electron chi connectivity index (χ2n) is 6.58. The van der Waals surface area contributed by atoms with Crippen LogP contribution in [0, 0.1) is 5.92 Å². The zero-order valence-corrected chi connectivity index (χ0v) is 14.4. The number of benzene rings is 1. The molecule has 7 heteroatoms. The smallest absolute Gasteiger partial charge is 0.326 e. The first-order chi connectivity index (χ1) is 11.8. The van der Waals surface area contributed by atoms with Crippen molar-refractivity contribution in [1.29, 1.82) is 0 Å². The van der Waals surface area contributed by atoms with Crippen molar-refractivity contribution in [1.82, 2.24) is 10.2 Å². The summed E-state index contributed by atoms with van der Waals surface area (Å²) in [6, 6.07) is 7.24. The number of carbonyl (C=O) groups is 3. The number of hydrogen-bond donors (Lipinski definition) is 3. The van der Waals surface area contributed by atoms with Gasteiger partial charge in [-0.1, -0.05) is 30.3 Å². The number of hydrogen-bond acceptors (Lipinski definition) is 4. The molecular formula is C18H24N2O5. The molecular weight excluding hydrogens is 324 g/mol. The number of carboxylic acid groups (broad SMARTS) is 2. The molecule has 25 heavy (non-hydrogen) atoms. The number of carboxylic acids is 2. The molecule has 3 N–H and O–H groups in total. The van der Waals surface area contributed by atoms with E-state index < -0.39 is 30.1 Å². The highest BCUT2D eigenvalue weighted by molar-refractivity contribution is 5.88. The Hall–Kier alpha value is -2.41. The van der Waals surface area contributed by atoms with Crippen LogP contribution < -0.4 is 5.32 Å². The summed E-state index contributed by atoms with van der Waals surface area (Å²) >= 11 is 0. The van der Waals surface area contributed by atoms with E-state index in [1.807, 2.05) is 30.3 Å². The van der Waals surface area contributed by atoms with Crippen LogP contribution in [-0.4, -0.2) is 57.6 Å². The van der Waals surface area contributed by atoms with E-state index in [2.05, 4.69) is 5.32 Å². The van der Waals surface area contributed by atoms with Crippen molar-refractivity contribution in [2.75, 3.05) is 6.54 Å². The standard InChI is InChI=1S/C18H24N2O5/c1-11(19-12(2)17(22)23)16(21)20-10-14(9-15(20)18(24)25)8-13-6-4-3-5-7-13/h3-7,11-12,14-15,19H,8-10H2,1-2H3,(H,22,23)(H,24,25)/t11-,12?,14?,15-/m0/s1. The fraction of sp³-hybridized carbons (Fsp3) is 0.500. The molecule has 0 saturated carbocycles.